The highest BCUT2D eigenvalue weighted by atomic mass is 15.1. The lowest BCUT2D eigenvalue weighted by molar-refractivity contribution is 0.320. The Bertz CT molecular complexity index is 138. The van der Waals surface area contributed by atoms with Gasteiger partial charge >= 0.3 is 0 Å². The maximum Gasteiger partial charge on any atom is -0.000968 e. The molecule has 0 aliphatic carbocycles. The lowest BCUT2D eigenvalue weighted by Gasteiger charge is -2.16. The summed E-state index contributed by atoms with van der Waals surface area (Å²) in [6.45, 7) is 8.18. The van der Waals surface area contributed by atoms with Crippen LogP contribution in [-0.2, 0) is 0 Å². The predicted molar refractivity (Wildman–Crippen MR) is 79.8 cm³/mol. The molecule has 0 heterocycles. The van der Waals surface area contributed by atoms with Gasteiger partial charge in [-0.2, -0.15) is 0 Å². The number of nitrogens with one attached hydrogen (secondary N) is 2. The molecular formula is C13H33N5. The minimum absolute atomic E-state index is 0.782. The molecule has 5 nitrogen and oxygen atoms in total. The van der Waals surface area contributed by atoms with Crippen LogP contribution in [-0.4, -0.2) is 64.3 Å². The molecule has 5 heteroatoms. The van der Waals surface area contributed by atoms with Crippen LogP contribution < -0.4 is 22.1 Å². The predicted octanol–water partition coefficient (Wildman–Crippen LogP) is -0.425. The van der Waals surface area contributed by atoms with Gasteiger partial charge in [0.15, 0.2) is 0 Å². The van der Waals surface area contributed by atoms with Gasteiger partial charge < -0.3 is 27.0 Å². The quantitative estimate of drug-likeness (QED) is 0.319. The minimum Gasteiger partial charge on any atom is -0.330 e. The van der Waals surface area contributed by atoms with Gasteiger partial charge in [-0.3, -0.25) is 0 Å². The molecule has 0 bridgehead atoms. The van der Waals surface area contributed by atoms with Crippen molar-refractivity contribution in [3.05, 3.63) is 0 Å². The van der Waals surface area contributed by atoms with Crippen LogP contribution in [0.1, 0.15) is 25.7 Å². The second-order valence-corrected chi connectivity index (χ2v) is 4.79. The summed E-state index contributed by atoms with van der Waals surface area (Å²) in [6.07, 6.45) is 4.57. The normalized spacial score (nSPS) is 11.3. The van der Waals surface area contributed by atoms with Crippen LogP contribution in [0.5, 0.6) is 0 Å². The Labute approximate surface area is 113 Å². The Morgan fingerprint density at radius 2 is 1.11 bits per heavy atom. The molecule has 18 heavy (non-hydrogen) atoms. The molecule has 110 valence electrons. The lowest BCUT2D eigenvalue weighted by atomic mass is 10.3. The van der Waals surface area contributed by atoms with Crippen LogP contribution in [0.4, 0.5) is 0 Å². The summed E-state index contributed by atoms with van der Waals surface area (Å²) >= 11 is 0. The van der Waals surface area contributed by atoms with E-state index in [0.717, 1.165) is 52.1 Å². The highest BCUT2D eigenvalue weighted by Gasteiger charge is 1.97. The molecule has 0 saturated carbocycles. The fourth-order valence-electron chi connectivity index (χ4n) is 1.76. The number of hydrogen-bond acceptors (Lipinski definition) is 5. The molecule has 0 aromatic rings. The molecule has 0 aromatic carbocycles. The summed E-state index contributed by atoms with van der Waals surface area (Å²) < 4.78 is 0. The summed E-state index contributed by atoms with van der Waals surface area (Å²) in [7, 11) is 2.19. The molecule has 0 saturated heterocycles. The third kappa shape index (κ3) is 13.9. The van der Waals surface area contributed by atoms with Crippen molar-refractivity contribution < 1.29 is 0 Å². The maximum atomic E-state index is 5.43. The fraction of sp³-hybridized carbons (Fsp3) is 1.00. The van der Waals surface area contributed by atoms with Gasteiger partial charge in [0.2, 0.25) is 0 Å². The van der Waals surface area contributed by atoms with Crippen molar-refractivity contribution in [3.63, 3.8) is 0 Å². The second kappa shape index (κ2) is 14.9. The second-order valence-electron chi connectivity index (χ2n) is 4.79. The van der Waals surface area contributed by atoms with E-state index in [4.69, 9.17) is 11.5 Å². The van der Waals surface area contributed by atoms with Gasteiger partial charge in [-0.1, -0.05) is 0 Å². The minimum atomic E-state index is 0.782. The Hall–Kier alpha value is -0.200. The Kier molecular flexibility index (Phi) is 14.7. The number of rotatable bonds is 14. The van der Waals surface area contributed by atoms with Crippen molar-refractivity contribution in [2.45, 2.75) is 25.7 Å². The van der Waals surface area contributed by atoms with Crippen molar-refractivity contribution in [2.24, 2.45) is 11.5 Å². The summed E-state index contributed by atoms with van der Waals surface area (Å²) in [5.74, 6) is 0. The molecule has 0 unspecified atom stereocenters. The van der Waals surface area contributed by atoms with Gasteiger partial charge in [0.05, 0.1) is 0 Å². The topological polar surface area (TPSA) is 79.3 Å². The maximum absolute atomic E-state index is 5.43. The Morgan fingerprint density at radius 1 is 0.722 bits per heavy atom. The first-order chi connectivity index (χ1) is 8.81. The third-order valence-electron chi connectivity index (χ3n) is 2.90. The Morgan fingerprint density at radius 3 is 1.50 bits per heavy atom. The molecule has 0 aliphatic rings. The molecule has 0 aliphatic heterocycles. The molecule has 0 fully saturated rings. The van der Waals surface area contributed by atoms with Crippen molar-refractivity contribution in [1.29, 1.82) is 0 Å². The number of hydrogen-bond donors (Lipinski definition) is 4. The average Bonchev–Trinajstić information content (AvgIpc) is 2.38. The van der Waals surface area contributed by atoms with E-state index < -0.39 is 0 Å². The SMILES string of the molecule is CN(CCCNCCCN)CCCNCCCN. The van der Waals surface area contributed by atoms with Gasteiger partial charge in [0, 0.05) is 0 Å². The van der Waals surface area contributed by atoms with E-state index in [2.05, 4.69) is 22.6 Å². The monoisotopic (exact) mass is 259 g/mol. The van der Waals surface area contributed by atoms with E-state index in [-0.39, 0.29) is 0 Å². The summed E-state index contributed by atoms with van der Waals surface area (Å²) in [4.78, 5) is 2.40. The Balaban J connectivity index is 3.10. The van der Waals surface area contributed by atoms with Crippen LogP contribution in [0.25, 0.3) is 0 Å². The van der Waals surface area contributed by atoms with E-state index in [1.54, 1.807) is 0 Å². The first-order valence-electron chi connectivity index (χ1n) is 7.31. The van der Waals surface area contributed by atoms with Gasteiger partial charge in [-0.05, 0) is 85.1 Å². The number of nitrogens with two attached hydrogens (primary N) is 2. The molecule has 0 spiro atoms. The van der Waals surface area contributed by atoms with Gasteiger partial charge in [0.1, 0.15) is 0 Å². The summed E-state index contributed by atoms with van der Waals surface area (Å²) in [6, 6.07) is 0. The zero-order valence-corrected chi connectivity index (χ0v) is 12.1. The van der Waals surface area contributed by atoms with Crippen molar-refractivity contribution in [1.82, 2.24) is 15.5 Å². The van der Waals surface area contributed by atoms with E-state index in [0.29, 0.717) is 0 Å². The lowest BCUT2D eigenvalue weighted by Crippen LogP contribution is -2.28. The molecule has 6 N–H and O–H groups in total. The van der Waals surface area contributed by atoms with Crippen LogP contribution in [0.2, 0.25) is 0 Å². The molecule has 0 amide bonds. The van der Waals surface area contributed by atoms with E-state index in [9.17, 15) is 0 Å². The highest BCUT2D eigenvalue weighted by Crippen LogP contribution is 1.89. The van der Waals surface area contributed by atoms with Crippen LogP contribution in [0, 0.1) is 0 Å². The van der Waals surface area contributed by atoms with Crippen LogP contribution in [0.3, 0.4) is 0 Å². The highest BCUT2D eigenvalue weighted by molar-refractivity contribution is 4.57. The van der Waals surface area contributed by atoms with Gasteiger partial charge in [-0.25, -0.2) is 0 Å². The zero-order valence-electron chi connectivity index (χ0n) is 12.1. The standard InChI is InChI=1S/C13H33N5/c1-18(12-4-10-16-8-2-6-14)13-5-11-17-9-3-7-15/h16-17H,2-15H2,1H3. The average molecular weight is 259 g/mol. The van der Waals surface area contributed by atoms with Gasteiger partial charge in [0.25, 0.3) is 0 Å². The summed E-state index contributed by atoms with van der Waals surface area (Å²) in [5.41, 5.74) is 10.9. The first-order valence-corrected chi connectivity index (χ1v) is 7.31. The molecule has 0 rings (SSSR count). The first kappa shape index (κ1) is 17.8. The van der Waals surface area contributed by atoms with E-state index in [1.165, 1.54) is 25.9 Å². The fourth-order valence-corrected chi connectivity index (χ4v) is 1.76. The zero-order chi connectivity index (χ0) is 13.5. The molecule has 0 atom stereocenters. The van der Waals surface area contributed by atoms with Gasteiger partial charge in [-0.15, -0.1) is 0 Å². The molecule has 0 aromatic heterocycles. The van der Waals surface area contributed by atoms with Crippen molar-refractivity contribution in [3.8, 4) is 0 Å². The van der Waals surface area contributed by atoms with Crippen molar-refractivity contribution >= 4 is 0 Å². The summed E-state index contributed by atoms with van der Waals surface area (Å²) in [5, 5.41) is 6.80. The van der Waals surface area contributed by atoms with E-state index >= 15 is 0 Å². The third-order valence-corrected chi connectivity index (χ3v) is 2.90. The molecular weight excluding hydrogens is 226 g/mol. The van der Waals surface area contributed by atoms with Crippen LogP contribution in [0.15, 0.2) is 0 Å². The van der Waals surface area contributed by atoms with Crippen LogP contribution >= 0.6 is 0 Å². The molecule has 0 radical (unpaired) electrons. The number of nitrogens with zero attached hydrogens (tertiary/aromatic N) is 1. The largest absolute Gasteiger partial charge is 0.330 e. The van der Waals surface area contributed by atoms with E-state index in [1.807, 2.05) is 0 Å². The smallest absolute Gasteiger partial charge is 0.000968 e. The van der Waals surface area contributed by atoms with Crippen molar-refractivity contribution in [2.75, 3.05) is 59.4 Å².